The third-order valence-corrected chi connectivity index (χ3v) is 13.7. The molecule has 0 radical (unpaired) electrons. The summed E-state index contributed by atoms with van der Waals surface area (Å²) in [5, 5.41) is 2.84. The van der Waals surface area contributed by atoms with Crippen molar-refractivity contribution in [2.24, 2.45) is 17.3 Å². The number of rotatable bonds is 11. The molecule has 6 nitrogen and oxygen atoms in total. The quantitative estimate of drug-likeness (QED) is 0.137. The van der Waals surface area contributed by atoms with Crippen LogP contribution in [0.15, 0.2) is 18.2 Å². The zero-order valence-corrected chi connectivity index (χ0v) is 29.4. The molecule has 1 unspecified atom stereocenters. The van der Waals surface area contributed by atoms with Crippen LogP contribution in [0.4, 0.5) is 44.3 Å². The summed E-state index contributed by atoms with van der Waals surface area (Å²) in [5.41, 5.74) is -4.22. The van der Waals surface area contributed by atoms with Gasteiger partial charge < -0.3 is 24.4 Å². The van der Waals surface area contributed by atoms with Crippen LogP contribution in [0.2, 0.25) is 0 Å². The zero-order chi connectivity index (χ0) is 36.5. The molecule has 3 fully saturated rings. The Bertz CT molecular complexity index is 1290. The van der Waals surface area contributed by atoms with Crippen LogP contribution in [-0.4, -0.2) is 92.1 Å². The van der Waals surface area contributed by atoms with E-state index in [1.807, 2.05) is 39.8 Å². The number of halogens is 9. The summed E-state index contributed by atoms with van der Waals surface area (Å²) in [7, 11) is 5.83. The molecule has 0 aromatic heterocycles. The van der Waals surface area contributed by atoms with E-state index in [-0.39, 0.29) is 30.0 Å². The molecule has 1 aliphatic heterocycles. The van der Waals surface area contributed by atoms with Gasteiger partial charge in [-0.25, -0.2) is 4.79 Å². The first-order chi connectivity index (χ1) is 23.4. The van der Waals surface area contributed by atoms with Crippen molar-refractivity contribution in [2.75, 3.05) is 44.9 Å². The molecule has 0 spiro atoms. The Kier molecular flexibility index (Phi) is 12.2. The van der Waals surface area contributed by atoms with Crippen LogP contribution in [-0.2, 0) is 15.9 Å². The molecule has 1 aromatic carbocycles. The number of alkyl halides is 9. The molecule has 6 atom stereocenters. The normalized spacial score (nSPS) is 28.9. The summed E-state index contributed by atoms with van der Waals surface area (Å²) in [6.45, 7) is 1.52. The number of amides is 1. The number of benzene rings is 1. The van der Waals surface area contributed by atoms with Crippen LogP contribution in [0.5, 0.6) is 5.75 Å². The molecule has 2 saturated carbocycles. The number of hydrogen-bond donors (Lipinski definition) is 1. The van der Waals surface area contributed by atoms with Crippen molar-refractivity contribution in [1.82, 2.24) is 10.2 Å². The van der Waals surface area contributed by atoms with Crippen LogP contribution in [0.1, 0.15) is 68.9 Å². The number of hydrogen-bond acceptors (Lipinski definition) is 7. The smallest absolute Gasteiger partial charge is 0.410 e. The summed E-state index contributed by atoms with van der Waals surface area (Å²) in [6, 6.07) is 6.26. The van der Waals surface area contributed by atoms with E-state index < -0.39 is 43.3 Å². The third-order valence-electron chi connectivity index (χ3n) is 11.2. The minimum atomic E-state index is -6.75. The lowest BCUT2D eigenvalue weighted by Crippen LogP contribution is -2.67. The van der Waals surface area contributed by atoms with Crippen molar-refractivity contribution in [3.05, 3.63) is 29.3 Å². The van der Waals surface area contributed by atoms with Gasteiger partial charge in [0.1, 0.15) is 5.75 Å². The molecule has 1 amide bonds. The van der Waals surface area contributed by atoms with Gasteiger partial charge in [0.25, 0.3) is 0 Å². The Morgan fingerprint density at radius 1 is 0.960 bits per heavy atom. The lowest BCUT2D eigenvalue weighted by atomic mass is 9.55. The average Bonchev–Trinajstić information content (AvgIpc) is 3.37. The summed E-state index contributed by atoms with van der Waals surface area (Å²) in [6.07, 6.45) is -15.8. The van der Waals surface area contributed by atoms with Crippen LogP contribution < -0.4 is 10.1 Å². The van der Waals surface area contributed by atoms with Gasteiger partial charge in [-0.1, -0.05) is 34.6 Å². The predicted molar refractivity (Wildman–Crippen MR) is 172 cm³/mol. The number of nitrogens with zero attached hydrogens (tertiary/aromatic N) is 1. The summed E-state index contributed by atoms with van der Waals surface area (Å²) in [4.78, 5) is 14.8. The van der Waals surface area contributed by atoms with Crippen LogP contribution in [0, 0.1) is 17.3 Å². The van der Waals surface area contributed by atoms with Crippen molar-refractivity contribution in [2.45, 2.75) is 100 Å². The maximum Gasteiger partial charge on any atom is 0.435 e. The fourth-order valence-electron chi connectivity index (χ4n) is 8.55. The first kappa shape index (κ1) is 39.6. The Morgan fingerprint density at radius 2 is 1.68 bits per heavy atom. The van der Waals surface area contributed by atoms with E-state index in [9.17, 15) is 44.3 Å². The molecular formula is C33H43F9N2O4S2. The maximum atomic E-state index is 13.1. The molecule has 3 aliphatic carbocycles. The van der Waals surface area contributed by atoms with Crippen molar-refractivity contribution >= 4 is 27.7 Å². The topological polar surface area (TPSA) is 60.0 Å². The van der Waals surface area contributed by atoms with E-state index in [4.69, 9.17) is 9.47 Å². The van der Waals surface area contributed by atoms with Gasteiger partial charge in [0.15, 0.2) is 0 Å². The van der Waals surface area contributed by atoms with Crippen molar-refractivity contribution in [3.8, 4) is 5.75 Å². The lowest BCUT2D eigenvalue weighted by molar-refractivity contribution is -0.457. The third kappa shape index (κ3) is 8.01. The molecule has 284 valence electrons. The number of aryl methyl sites for hydroxylation is 1. The van der Waals surface area contributed by atoms with E-state index in [0.29, 0.717) is 30.7 Å². The second kappa shape index (κ2) is 15.4. The maximum absolute atomic E-state index is 13.1. The van der Waals surface area contributed by atoms with E-state index >= 15 is 0 Å². The summed E-state index contributed by atoms with van der Waals surface area (Å²) >= 11 is 0. The average molecular weight is 767 g/mol. The van der Waals surface area contributed by atoms with E-state index in [2.05, 4.69) is 28.9 Å². The van der Waals surface area contributed by atoms with Gasteiger partial charge in [-0.05, 0) is 105 Å². The first-order valence-corrected chi connectivity index (χ1v) is 19.4. The Morgan fingerprint density at radius 3 is 2.34 bits per heavy atom. The highest BCUT2D eigenvalue weighted by Crippen LogP contribution is 2.62. The standard InChI is InChI=1S/C33H43F9N2O4S2/c1-29-12-10-24-23-7-5-22(48-28(45)43-13-14-44(2)21-11-17-49-50-19-21)18-20(23)4-6-25(24)26(29)8-9-27(29)46-15-3-16-47-30(31(34,35)36,32(37,38)39)33(40,41)42/h5,7,18,21,24-27H,3-4,6,8-17,19H2,1-2H3,(H,43,45)/t21?,24-,25-,26+,27+,29+/m1/s1. The number of nitrogens with one attached hydrogen (secondary N) is 1. The zero-order valence-electron chi connectivity index (χ0n) is 27.8. The largest absolute Gasteiger partial charge is 0.435 e. The van der Waals surface area contributed by atoms with Crippen LogP contribution >= 0.6 is 21.6 Å². The highest BCUT2D eigenvalue weighted by atomic mass is 33.1. The van der Waals surface area contributed by atoms with E-state index in [1.165, 1.54) is 5.56 Å². The van der Waals surface area contributed by atoms with Crippen molar-refractivity contribution in [1.29, 1.82) is 0 Å². The van der Waals surface area contributed by atoms with Gasteiger partial charge in [0.05, 0.1) is 12.7 Å². The number of carbonyl (C=O) groups excluding carboxylic acids is 1. The molecule has 1 saturated heterocycles. The fourth-order valence-corrected chi connectivity index (χ4v) is 11.1. The molecule has 1 aromatic rings. The highest BCUT2D eigenvalue weighted by Gasteiger charge is 2.85. The van der Waals surface area contributed by atoms with Crippen LogP contribution in [0.3, 0.4) is 0 Å². The summed E-state index contributed by atoms with van der Waals surface area (Å²) < 4.78 is 133. The highest BCUT2D eigenvalue weighted by molar-refractivity contribution is 8.76. The number of carbonyl (C=O) groups is 1. The van der Waals surface area contributed by atoms with E-state index in [1.54, 1.807) is 0 Å². The molecule has 17 heteroatoms. The monoisotopic (exact) mass is 766 g/mol. The van der Waals surface area contributed by atoms with Gasteiger partial charge in [-0.3, -0.25) is 0 Å². The minimum absolute atomic E-state index is 0.259. The molecule has 1 N–H and O–H groups in total. The SMILES string of the molecule is CN(CCNC(=O)Oc1ccc2c(c1)CC[C@@H]1[C@@H]2CC[C@]2(C)[C@@H](OCCCOC(C(F)(F)F)(C(F)(F)F)C(F)(F)F)CC[C@@H]12)C1CCSSC1. The molecule has 50 heavy (non-hydrogen) atoms. The van der Waals surface area contributed by atoms with Gasteiger partial charge >= 0.3 is 30.2 Å². The second-order valence-electron chi connectivity index (χ2n) is 14.0. The Labute approximate surface area is 293 Å². The molecular weight excluding hydrogens is 723 g/mol. The van der Waals surface area contributed by atoms with Crippen molar-refractivity contribution < 1.29 is 58.5 Å². The summed E-state index contributed by atoms with van der Waals surface area (Å²) in [5.74, 6) is 3.54. The van der Waals surface area contributed by atoms with Crippen LogP contribution in [0.25, 0.3) is 0 Å². The van der Waals surface area contributed by atoms with E-state index in [0.717, 1.165) is 62.1 Å². The molecule has 4 aliphatic rings. The predicted octanol–water partition coefficient (Wildman–Crippen LogP) is 8.93. The minimum Gasteiger partial charge on any atom is -0.410 e. The Hall–Kier alpha value is -1.56. The number of ether oxygens (including phenoxy) is 3. The Balaban J connectivity index is 1.11. The number of fused-ring (bicyclic) bond motifs is 5. The molecule has 0 bridgehead atoms. The first-order valence-electron chi connectivity index (χ1n) is 16.9. The van der Waals surface area contributed by atoms with Crippen molar-refractivity contribution in [3.63, 3.8) is 0 Å². The number of likely N-dealkylation sites (N-methyl/N-ethyl adjacent to an activating group) is 1. The van der Waals surface area contributed by atoms with Gasteiger partial charge in [-0.2, -0.15) is 39.5 Å². The second-order valence-corrected chi connectivity index (χ2v) is 16.6. The fraction of sp³-hybridized carbons (Fsp3) is 0.788. The molecule has 5 rings (SSSR count). The van der Waals surface area contributed by atoms with Gasteiger partial charge in [0, 0.05) is 37.2 Å². The molecule has 1 heterocycles. The lowest BCUT2D eigenvalue weighted by Gasteiger charge is -2.50. The van der Waals surface area contributed by atoms with Gasteiger partial charge in [-0.15, -0.1) is 0 Å². The van der Waals surface area contributed by atoms with Gasteiger partial charge in [0.2, 0.25) is 0 Å².